The third kappa shape index (κ3) is 3.95. The van der Waals surface area contributed by atoms with Crippen LogP contribution in [-0.4, -0.2) is 16.6 Å². The van der Waals surface area contributed by atoms with Crippen LogP contribution in [0.25, 0.3) is 0 Å². The second-order valence-electron chi connectivity index (χ2n) is 9.28. The van der Waals surface area contributed by atoms with Crippen molar-refractivity contribution in [2.24, 2.45) is 5.41 Å². The molecule has 1 aliphatic carbocycles. The highest BCUT2D eigenvalue weighted by Gasteiger charge is 2.44. The van der Waals surface area contributed by atoms with Gasteiger partial charge in [0.15, 0.2) is 5.78 Å². The molecule has 0 spiro atoms. The third-order valence-electron chi connectivity index (χ3n) is 6.31. The summed E-state index contributed by atoms with van der Waals surface area (Å²) in [6.45, 7) is 6.06. The average Bonchev–Trinajstić information content (AvgIpc) is 2.73. The molecule has 0 N–H and O–H groups in total. The minimum Gasteiger partial charge on any atom is -0.294 e. The summed E-state index contributed by atoms with van der Waals surface area (Å²) in [5.74, 6) is -0.540. The Balaban J connectivity index is 1.90. The molecule has 0 bridgehead atoms. The van der Waals surface area contributed by atoms with Crippen molar-refractivity contribution >= 4 is 34.7 Å². The van der Waals surface area contributed by atoms with E-state index in [9.17, 15) is 19.7 Å². The molecule has 1 amide bonds. The highest BCUT2D eigenvalue weighted by Crippen LogP contribution is 2.49. The van der Waals surface area contributed by atoms with Crippen LogP contribution >= 0.6 is 11.6 Å². The van der Waals surface area contributed by atoms with Crippen molar-refractivity contribution in [3.05, 3.63) is 80.0 Å². The summed E-state index contributed by atoms with van der Waals surface area (Å²) in [5, 5.41) is 11.6. The summed E-state index contributed by atoms with van der Waals surface area (Å²) >= 11 is 6.40. The Morgan fingerprint density at radius 2 is 1.81 bits per heavy atom. The van der Waals surface area contributed by atoms with Crippen molar-refractivity contribution < 1.29 is 14.5 Å². The van der Waals surface area contributed by atoms with Crippen LogP contribution in [0.5, 0.6) is 0 Å². The van der Waals surface area contributed by atoms with Gasteiger partial charge in [0.25, 0.3) is 5.69 Å². The summed E-state index contributed by atoms with van der Waals surface area (Å²) < 4.78 is 0. The highest BCUT2D eigenvalue weighted by molar-refractivity contribution is 6.34. The van der Waals surface area contributed by atoms with Crippen molar-refractivity contribution in [3.63, 3.8) is 0 Å². The molecule has 6 nitrogen and oxygen atoms in total. The van der Waals surface area contributed by atoms with E-state index in [1.54, 1.807) is 0 Å². The maximum Gasteiger partial charge on any atom is 0.271 e. The molecule has 32 heavy (non-hydrogen) atoms. The van der Waals surface area contributed by atoms with Crippen LogP contribution in [0.2, 0.25) is 5.02 Å². The van der Waals surface area contributed by atoms with E-state index < -0.39 is 4.92 Å². The number of halogens is 1. The molecule has 2 aliphatic rings. The Morgan fingerprint density at radius 3 is 2.44 bits per heavy atom. The minimum atomic E-state index is -0.516. The van der Waals surface area contributed by atoms with E-state index in [0.717, 1.165) is 12.0 Å². The Labute approximate surface area is 192 Å². The van der Waals surface area contributed by atoms with Crippen LogP contribution in [-0.2, 0) is 16.0 Å². The van der Waals surface area contributed by atoms with Crippen molar-refractivity contribution in [3.8, 4) is 0 Å². The lowest BCUT2D eigenvalue weighted by atomic mass is 9.69. The van der Waals surface area contributed by atoms with E-state index in [-0.39, 0.29) is 45.8 Å². The van der Waals surface area contributed by atoms with Gasteiger partial charge in [-0.25, -0.2) is 0 Å². The van der Waals surface area contributed by atoms with Crippen LogP contribution in [0.15, 0.2) is 53.7 Å². The quantitative estimate of drug-likeness (QED) is 0.422. The molecule has 0 aromatic heterocycles. The molecule has 7 heteroatoms. The number of Topliss-reactive ketones (excluding diaryl/α,β-unsaturated/α-hetero) is 1. The van der Waals surface area contributed by atoms with Gasteiger partial charge in [-0.05, 0) is 35.4 Å². The molecule has 1 atom stereocenters. The second kappa shape index (κ2) is 8.17. The van der Waals surface area contributed by atoms with Crippen molar-refractivity contribution in [2.75, 3.05) is 4.90 Å². The number of rotatable bonds is 4. The monoisotopic (exact) mass is 452 g/mol. The first-order valence-corrected chi connectivity index (χ1v) is 11.1. The number of ketones is 1. The fourth-order valence-electron chi connectivity index (χ4n) is 4.75. The Hall–Kier alpha value is -2.99. The fourth-order valence-corrected chi connectivity index (χ4v) is 4.95. The molecule has 2 aromatic carbocycles. The molecule has 1 unspecified atom stereocenters. The fraction of sp³-hybridized carbons (Fsp3) is 0.360. The molecule has 0 saturated carbocycles. The summed E-state index contributed by atoms with van der Waals surface area (Å²) in [4.78, 5) is 39.1. The number of hydrogen-bond acceptors (Lipinski definition) is 4. The van der Waals surface area contributed by atoms with Crippen molar-refractivity contribution in [1.29, 1.82) is 0 Å². The molecule has 2 aromatic rings. The van der Waals surface area contributed by atoms with E-state index in [4.69, 9.17) is 11.6 Å². The third-order valence-corrected chi connectivity index (χ3v) is 6.63. The molecule has 1 heterocycles. The SMILES string of the molecule is CCc1ccc(C2CC(=O)N(c3cc([N+](=O)[O-])ccc3Cl)C3=C2C(=O)CC(C)(C)C3)cc1. The van der Waals surface area contributed by atoms with Gasteiger partial charge in [0.2, 0.25) is 5.91 Å². The van der Waals surface area contributed by atoms with Crippen molar-refractivity contribution in [1.82, 2.24) is 0 Å². The van der Waals surface area contributed by atoms with Crippen LogP contribution in [0.1, 0.15) is 57.1 Å². The van der Waals surface area contributed by atoms with E-state index >= 15 is 0 Å². The van der Waals surface area contributed by atoms with Gasteiger partial charge < -0.3 is 0 Å². The largest absolute Gasteiger partial charge is 0.294 e. The van der Waals surface area contributed by atoms with Crippen LogP contribution in [0.4, 0.5) is 11.4 Å². The first kappa shape index (κ1) is 22.2. The zero-order valence-corrected chi connectivity index (χ0v) is 19.1. The van der Waals surface area contributed by atoms with Gasteiger partial charge >= 0.3 is 0 Å². The van der Waals surface area contributed by atoms with Gasteiger partial charge in [0.1, 0.15) is 0 Å². The van der Waals surface area contributed by atoms with E-state index in [1.807, 2.05) is 38.1 Å². The number of nitro groups is 1. The number of carbonyl (C=O) groups is 2. The number of hydrogen-bond donors (Lipinski definition) is 0. The zero-order valence-electron chi connectivity index (χ0n) is 18.4. The number of benzene rings is 2. The highest BCUT2D eigenvalue weighted by atomic mass is 35.5. The molecular formula is C25H25ClN2O4. The summed E-state index contributed by atoms with van der Waals surface area (Å²) in [7, 11) is 0. The van der Waals surface area contributed by atoms with E-state index in [2.05, 4.69) is 6.92 Å². The summed E-state index contributed by atoms with van der Waals surface area (Å²) in [5.41, 5.74) is 3.11. The maximum absolute atomic E-state index is 13.5. The normalized spacial score (nSPS) is 20.4. The molecule has 0 radical (unpaired) electrons. The zero-order chi connectivity index (χ0) is 23.2. The molecule has 166 valence electrons. The van der Waals surface area contributed by atoms with E-state index in [1.165, 1.54) is 28.7 Å². The number of nitrogens with zero attached hydrogens (tertiary/aromatic N) is 2. The Kier molecular flexibility index (Phi) is 5.67. The number of anilines is 1. The predicted molar refractivity (Wildman–Crippen MR) is 124 cm³/mol. The standard InChI is InChI=1S/C25H25ClN2O4/c1-4-15-5-7-16(8-6-15)18-12-23(30)27(20-11-17(28(31)32)9-10-19(20)26)21-13-25(2,3)14-22(29)24(18)21/h5-11,18H,4,12-14H2,1-3H3. The number of aryl methyl sites for hydroxylation is 1. The van der Waals surface area contributed by atoms with Crippen LogP contribution < -0.4 is 4.90 Å². The van der Waals surface area contributed by atoms with Gasteiger partial charge in [-0.3, -0.25) is 24.6 Å². The molecule has 0 saturated heterocycles. The molecule has 1 aliphatic heterocycles. The van der Waals surface area contributed by atoms with Crippen molar-refractivity contribution in [2.45, 2.75) is 52.4 Å². The minimum absolute atomic E-state index is 0.0138. The Bertz CT molecular complexity index is 1150. The van der Waals surface area contributed by atoms with Gasteiger partial charge in [0.05, 0.1) is 15.6 Å². The number of allylic oxidation sites excluding steroid dienone is 2. The lowest BCUT2D eigenvalue weighted by Gasteiger charge is -2.43. The number of carbonyl (C=O) groups excluding carboxylic acids is 2. The lowest BCUT2D eigenvalue weighted by Crippen LogP contribution is -2.43. The van der Waals surface area contributed by atoms with Gasteiger partial charge in [0, 0.05) is 42.2 Å². The second-order valence-corrected chi connectivity index (χ2v) is 9.68. The summed E-state index contributed by atoms with van der Waals surface area (Å²) in [6, 6.07) is 12.1. The number of non-ortho nitro benzene ring substituents is 1. The summed E-state index contributed by atoms with van der Waals surface area (Å²) in [6.07, 6.45) is 1.90. The lowest BCUT2D eigenvalue weighted by molar-refractivity contribution is -0.384. The first-order chi connectivity index (χ1) is 15.1. The van der Waals surface area contributed by atoms with E-state index in [0.29, 0.717) is 24.1 Å². The number of nitro benzene ring substituents is 1. The topological polar surface area (TPSA) is 80.5 Å². The van der Waals surface area contributed by atoms with Gasteiger partial charge in [-0.2, -0.15) is 0 Å². The average molecular weight is 453 g/mol. The van der Waals surface area contributed by atoms with Crippen LogP contribution in [0, 0.1) is 15.5 Å². The Morgan fingerprint density at radius 1 is 1.12 bits per heavy atom. The molecule has 0 fully saturated rings. The molecular weight excluding hydrogens is 428 g/mol. The van der Waals surface area contributed by atoms with Gasteiger partial charge in [-0.1, -0.05) is 56.6 Å². The van der Waals surface area contributed by atoms with Crippen LogP contribution in [0.3, 0.4) is 0 Å². The first-order valence-electron chi connectivity index (χ1n) is 10.7. The van der Waals surface area contributed by atoms with Gasteiger partial charge in [-0.15, -0.1) is 0 Å². The maximum atomic E-state index is 13.5. The number of amides is 1. The molecule has 4 rings (SSSR count). The predicted octanol–water partition coefficient (Wildman–Crippen LogP) is 5.97. The smallest absolute Gasteiger partial charge is 0.271 e.